The van der Waals surface area contributed by atoms with Crippen LogP contribution in [0, 0.1) is 25.2 Å². The van der Waals surface area contributed by atoms with Gasteiger partial charge in [-0.15, -0.1) is 0 Å². The van der Waals surface area contributed by atoms with Crippen LogP contribution in [0.3, 0.4) is 0 Å². The smallest absolute Gasteiger partial charge is 0.103 e. The van der Waals surface area contributed by atoms with Gasteiger partial charge >= 0.3 is 0 Å². The van der Waals surface area contributed by atoms with E-state index in [1.54, 1.807) is 0 Å². The lowest BCUT2D eigenvalue weighted by Gasteiger charge is -2.25. The fourth-order valence-corrected chi connectivity index (χ4v) is 2.22. The number of hydrogen-bond donors (Lipinski definition) is 0. The van der Waals surface area contributed by atoms with Crippen molar-refractivity contribution in [1.29, 1.82) is 5.26 Å². The Morgan fingerprint density at radius 3 is 2.47 bits per heavy atom. The molecule has 0 fully saturated rings. The molecule has 4 nitrogen and oxygen atoms in total. The summed E-state index contributed by atoms with van der Waals surface area (Å²) in [5, 5.41) is 9.32. The quantitative estimate of drug-likeness (QED) is 0.787. The molecule has 1 heterocycles. The molecular formula is C15H24N4. The molecule has 0 spiro atoms. The summed E-state index contributed by atoms with van der Waals surface area (Å²) >= 11 is 0. The molecule has 0 atom stereocenters. The third kappa shape index (κ3) is 4.22. The van der Waals surface area contributed by atoms with Crippen LogP contribution in [-0.2, 0) is 0 Å². The van der Waals surface area contributed by atoms with Crippen LogP contribution in [0.5, 0.6) is 0 Å². The van der Waals surface area contributed by atoms with E-state index in [-0.39, 0.29) is 0 Å². The number of nitriles is 1. The van der Waals surface area contributed by atoms with Gasteiger partial charge in [0.2, 0.25) is 0 Å². The van der Waals surface area contributed by atoms with Crippen LogP contribution in [0.4, 0.5) is 5.69 Å². The van der Waals surface area contributed by atoms with Gasteiger partial charge in [0.1, 0.15) is 6.07 Å². The van der Waals surface area contributed by atoms with E-state index in [4.69, 9.17) is 0 Å². The molecule has 0 saturated heterocycles. The first-order valence-electron chi connectivity index (χ1n) is 6.77. The van der Waals surface area contributed by atoms with Crippen molar-refractivity contribution in [1.82, 2.24) is 9.88 Å². The van der Waals surface area contributed by atoms with E-state index in [1.807, 2.05) is 19.9 Å². The Kier molecular flexibility index (Phi) is 5.78. The maximum Gasteiger partial charge on any atom is 0.103 e. The molecule has 1 aromatic rings. The lowest BCUT2D eigenvalue weighted by atomic mass is 10.1. The van der Waals surface area contributed by atoms with Crippen molar-refractivity contribution >= 4 is 5.69 Å². The predicted octanol–water partition coefficient (Wildman–Crippen LogP) is 2.35. The highest BCUT2D eigenvalue weighted by molar-refractivity contribution is 5.61. The molecular weight excluding hydrogens is 236 g/mol. The molecule has 0 bridgehead atoms. The van der Waals surface area contributed by atoms with Gasteiger partial charge in [-0.3, -0.25) is 4.98 Å². The van der Waals surface area contributed by atoms with Crippen LogP contribution in [0.1, 0.15) is 30.3 Å². The van der Waals surface area contributed by atoms with Gasteiger partial charge in [-0.1, -0.05) is 0 Å². The molecule has 0 N–H and O–H groups in total. The van der Waals surface area contributed by atoms with Crippen molar-refractivity contribution in [2.75, 3.05) is 38.6 Å². The monoisotopic (exact) mass is 260 g/mol. The van der Waals surface area contributed by atoms with E-state index < -0.39 is 0 Å². The van der Waals surface area contributed by atoms with Gasteiger partial charge in [0, 0.05) is 18.8 Å². The minimum Gasteiger partial charge on any atom is -0.371 e. The normalized spacial score (nSPS) is 10.6. The van der Waals surface area contributed by atoms with Gasteiger partial charge in [0.25, 0.3) is 0 Å². The highest BCUT2D eigenvalue weighted by Crippen LogP contribution is 2.23. The molecule has 104 valence electrons. The largest absolute Gasteiger partial charge is 0.371 e. The Balaban J connectivity index is 2.95. The first-order chi connectivity index (χ1) is 8.99. The van der Waals surface area contributed by atoms with Gasteiger partial charge in [-0.05, 0) is 53.9 Å². The lowest BCUT2D eigenvalue weighted by Crippen LogP contribution is -2.28. The maximum atomic E-state index is 9.32. The second-order valence-corrected chi connectivity index (χ2v) is 5.09. The molecule has 0 aromatic carbocycles. The average Bonchev–Trinajstić information content (AvgIpc) is 2.33. The number of aromatic nitrogens is 1. The lowest BCUT2D eigenvalue weighted by molar-refractivity contribution is 0.400. The first-order valence-corrected chi connectivity index (χ1v) is 6.77. The highest BCUT2D eigenvalue weighted by atomic mass is 15.1. The number of hydrogen-bond acceptors (Lipinski definition) is 4. The van der Waals surface area contributed by atoms with Crippen LogP contribution in [0.15, 0.2) is 6.07 Å². The number of aryl methyl sites for hydroxylation is 2. The van der Waals surface area contributed by atoms with Gasteiger partial charge in [-0.2, -0.15) is 5.26 Å². The zero-order chi connectivity index (χ0) is 14.4. The summed E-state index contributed by atoms with van der Waals surface area (Å²) in [6.45, 7) is 8.94. The van der Waals surface area contributed by atoms with Crippen LogP contribution in [-0.4, -0.2) is 43.6 Å². The second-order valence-electron chi connectivity index (χ2n) is 5.09. The minimum absolute atomic E-state index is 0.706. The van der Waals surface area contributed by atoms with Crippen molar-refractivity contribution in [2.24, 2.45) is 0 Å². The van der Waals surface area contributed by atoms with Crippen LogP contribution < -0.4 is 4.90 Å². The summed E-state index contributed by atoms with van der Waals surface area (Å²) in [7, 11) is 4.16. The fourth-order valence-electron chi connectivity index (χ4n) is 2.22. The highest BCUT2D eigenvalue weighted by Gasteiger charge is 2.13. The molecule has 0 amide bonds. The van der Waals surface area contributed by atoms with Crippen molar-refractivity contribution in [3.63, 3.8) is 0 Å². The zero-order valence-electron chi connectivity index (χ0n) is 12.7. The predicted molar refractivity (Wildman–Crippen MR) is 79.5 cm³/mol. The molecule has 4 heteroatoms. The van der Waals surface area contributed by atoms with Gasteiger partial charge < -0.3 is 9.80 Å². The van der Waals surface area contributed by atoms with Crippen LogP contribution in [0.25, 0.3) is 0 Å². The molecule has 1 aromatic heterocycles. The minimum atomic E-state index is 0.706. The number of pyridine rings is 1. The third-order valence-electron chi connectivity index (χ3n) is 3.18. The number of rotatable bonds is 6. The average molecular weight is 260 g/mol. The molecule has 0 saturated carbocycles. The summed E-state index contributed by atoms with van der Waals surface area (Å²) in [6, 6.07) is 4.31. The molecule has 0 aliphatic heterocycles. The summed E-state index contributed by atoms with van der Waals surface area (Å²) in [6.07, 6.45) is 1.09. The van der Waals surface area contributed by atoms with E-state index in [1.165, 1.54) is 0 Å². The summed E-state index contributed by atoms with van der Waals surface area (Å²) in [4.78, 5) is 8.82. The van der Waals surface area contributed by atoms with Crippen molar-refractivity contribution in [3.05, 3.63) is 23.0 Å². The maximum absolute atomic E-state index is 9.32. The van der Waals surface area contributed by atoms with Crippen molar-refractivity contribution in [3.8, 4) is 6.07 Å². The van der Waals surface area contributed by atoms with E-state index >= 15 is 0 Å². The third-order valence-corrected chi connectivity index (χ3v) is 3.18. The summed E-state index contributed by atoms with van der Waals surface area (Å²) in [5.74, 6) is 0. The Hall–Kier alpha value is -1.60. The molecule has 0 radical (unpaired) electrons. The SMILES string of the molecule is CCN(CCCN(C)C)c1cc(C)nc(C)c1C#N. The topological polar surface area (TPSA) is 43.2 Å². The van der Waals surface area contributed by atoms with E-state index in [2.05, 4.69) is 41.9 Å². The molecule has 1 rings (SSSR count). The van der Waals surface area contributed by atoms with Gasteiger partial charge in [0.15, 0.2) is 0 Å². The van der Waals surface area contributed by atoms with E-state index in [9.17, 15) is 5.26 Å². The van der Waals surface area contributed by atoms with Crippen molar-refractivity contribution < 1.29 is 0 Å². The van der Waals surface area contributed by atoms with Crippen LogP contribution in [0.2, 0.25) is 0 Å². The second kappa shape index (κ2) is 7.10. The molecule has 19 heavy (non-hydrogen) atoms. The Bertz CT molecular complexity index is 460. The first kappa shape index (κ1) is 15.5. The summed E-state index contributed by atoms with van der Waals surface area (Å²) in [5.41, 5.74) is 3.52. The Labute approximate surface area is 116 Å². The number of nitrogens with zero attached hydrogens (tertiary/aromatic N) is 4. The summed E-state index contributed by atoms with van der Waals surface area (Å²) < 4.78 is 0. The zero-order valence-corrected chi connectivity index (χ0v) is 12.7. The van der Waals surface area contributed by atoms with E-state index in [0.29, 0.717) is 5.56 Å². The van der Waals surface area contributed by atoms with Crippen molar-refractivity contribution in [2.45, 2.75) is 27.2 Å². The van der Waals surface area contributed by atoms with E-state index in [0.717, 1.165) is 43.1 Å². The van der Waals surface area contributed by atoms with Gasteiger partial charge in [-0.25, -0.2) is 0 Å². The van der Waals surface area contributed by atoms with Gasteiger partial charge in [0.05, 0.1) is 16.9 Å². The molecule has 0 unspecified atom stereocenters. The Morgan fingerprint density at radius 2 is 1.95 bits per heavy atom. The molecule has 0 aliphatic rings. The Morgan fingerprint density at radius 1 is 1.26 bits per heavy atom. The van der Waals surface area contributed by atoms with Crippen LogP contribution >= 0.6 is 0 Å². The fraction of sp³-hybridized carbons (Fsp3) is 0.600. The molecule has 0 aliphatic carbocycles. The standard InChI is InChI=1S/C15H24N4/c1-6-19(9-7-8-18(4)5)15-10-12(2)17-13(3)14(15)11-16/h10H,6-9H2,1-5H3. The number of anilines is 1.